The first-order valence-electron chi connectivity index (χ1n) is 8.31. The summed E-state index contributed by atoms with van der Waals surface area (Å²) in [6, 6.07) is 9.53. The van der Waals surface area contributed by atoms with Crippen LogP contribution in [0, 0.1) is 0 Å². The molecule has 1 saturated heterocycles. The van der Waals surface area contributed by atoms with Gasteiger partial charge in [0.2, 0.25) is 0 Å². The van der Waals surface area contributed by atoms with Crippen molar-refractivity contribution in [2.24, 2.45) is 0 Å². The number of halogens is 1. The van der Waals surface area contributed by atoms with E-state index in [0.717, 1.165) is 39.4 Å². The molecule has 0 spiro atoms. The summed E-state index contributed by atoms with van der Waals surface area (Å²) in [5.41, 5.74) is 0.392. The van der Waals surface area contributed by atoms with Gasteiger partial charge in [0.15, 0.2) is 0 Å². The second kappa shape index (κ2) is 8.68. The van der Waals surface area contributed by atoms with Crippen LogP contribution in [0.2, 0.25) is 5.02 Å². The molecule has 0 radical (unpaired) electrons. The van der Waals surface area contributed by atoms with E-state index >= 15 is 0 Å². The minimum atomic E-state index is -3.69. The van der Waals surface area contributed by atoms with Crippen molar-refractivity contribution in [1.82, 2.24) is 9.88 Å². The molecule has 1 aromatic heterocycles. The third-order valence-corrected chi connectivity index (χ3v) is 5.57. The van der Waals surface area contributed by atoms with E-state index in [9.17, 15) is 8.42 Å². The van der Waals surface area contributed by atoms with Crippen molar-refractivity contribution in [3.05, 3.63) is 47.6 Å². The van der Waals surface area contributed by atoms with E-state index in [-0.39, 0.29) is 4.90 Å². The molecule has 2 heterocycles. The van der Waals surface area contributed by atoms with Crippen molar-refractivity contribution in [2.75, 3.05) is 49.4 Å². The normalized spacial score (nSPS) is 15.6. The molecule has 1 aromatic carbocycles. The number of benzene rings is 1. The van der Waals surface area contributed by atoms with Crippen LogP contribution in [-0.4, -0.2) is 57.7 Å². The van der Waals surface area contributed by atoms with Crippen LogP contribution in [0.15, 0.2) is 47.5 Å². The molecular formula is C17H21ClN4O3S. The van der Waals surface area contributed by atoms with Gasteiger partial charge in [0.1, 0.15) is 5.82 Å². The highest BCUT2D eigenvalue weighted by Crippen LogP contribution is 2.19. The molecule has 9 heteroatoms. The Hall–Kier alpha value is -1.87. The van der Waals surface area contributed by atoms with E-state index in [2.05, 4.69) is 19.9 Å². The van der Waals surface area contributed by atoms with Gasteiger partial charge < -0.3 is 10.1 Å². The summed E-state index contributed by atoms with van der Waals surface area (Å²) in [5.74, 6) is 0.698. The number of pyridine rings is 1. The molecule has 3 rings (SSSR count). The van der Waals surface area contributed by atoms with Crippen LogP contribution in [0.25, 0.3) is 0 Å². The van der Waals surface area contributed by atoms with Crippen molar-refractivity contribution < 1.29 is 13.2 Å². The Kier molecular flexibility index (Phi) is 6.31. The summed E-state index contributed by atoms with van der Waals surface area (Å²) >= 11 is 5.86. The number of aromatic nitrogens is 1. The number of sulfonamides is 1. The minimum Gasteiger partial charge on any atom is -0.379 e. The highest BCUT2D eigenvalue weighted by molar-refractivity contribution is 7.92. The number of hydrogen-bond donors (Lipinski definition) is 2. The van der Waals surface area contributed by atoms with Gasteiger partial charge in [0.05, 0.1) is 30.0 Å². The molecular weight excluding hydrogens is 376 g/mol. The lowest BCUT2D eigenvalue weighted by Crippen LogP contribution is -2.39. The first-order valence-corrected chi connectivity index (χ1v) is 10.2. The Morgan fingerprint density at radius 1 is 1.19 bits per heavy atom. The van der Waals surface area contributed by atoms with Crippen LogP contribution < -0.4 is 10.0 Å². The van der Waals surface area contributed by atoms with Crippen LogP contribution in [0.1, 0.15) is 0 Å². The van der Waals surface area contributed by atoms with E-state index in [1.807, 2.05) is 0 Å². The summed E-state index contributed by atoms with van der Waals surface area (Å²) in [7, 11) is -3.69. The summed E-state index contributed by atoms with van der Waals surface area (Å²) < 4.78 is 32.5. The fourth-order valence-corrected chi connectivity index (χ4v) is 3.92. The van der Waals surface area contributed by atoms with Crippen molar-refractivity contribution in [2.45, 2.75) is 4.90 Å². The van der Waals surface area contributed by atoms with Gasteiger partial charge in [-0.3, -0.25) is 9.62 Å². The quantitative estimate of drug-likeness (QED) is 0.747. The Balaban J connectivity index is 1.54. The Morgan fingerprint density at radius 2 is 2.00 bits per heavy atom. The molecule has 7 nitrogen and oxygen atoms in total. The fourth-order valence-electron chi connectivity index (χ4n) is 2.57. The maximum atomic E-state index is 12.4. The van der Waals surface area contributed by atoms with Gasteiger partial charge in [0.25, 0.3) is 10.0 Å². The molecule has 26 heavy (non-hydrogen) atoms. The molecule has 1 fully saturated rings. The standard InChI is InChI=1S/C17H21ClN4O3S/c18-14-2-1-3-16(12-14)26(23,24)21-15-4-5-17(20-13-15)19-6-7-22-8-10-25-11-9-22/h1-5,12-13,21H,6-11H2,(H,19,20). The second-order valence-corrected chi connectivity index (χ2v) is 7.99. The molecule has 1 aliphatic heterocycles. The zero-order valence-electron chi connectivity index (χ0n) is 14.2. The van der Waals surface area contributed by atoms with Crippen molar-refractivity contribution in [1.29, 1.82) is 0 Å². The highest BCUT2D eigenvalue weighted by Gasteiger charge is 2.14. The van der Waals surface area contributed by atoms with E-state index in [4.69, 9.17) is 16.3 Å². The summed E-state index contributed by atoms with van der Waals surface area (Å²) in [6.45, 7) is 5.12. The molecule has 0 atom stereocenters. The number of ether oxygens (including phenoxy) is 1. The van der Waals surface area contributed by atoms with E-state index in [1.54, 1.807) is 24.3 Å². The molecule has 0 unspecified atom stereocenters. The van der Waals surface area contributed by atoms with Crippen LogP contribution in [0.5, 0.6) is 0 Å². The lowest BCUT2D eigenvalue weighted by molar-refractivity contribution is 0.0398. The SMILES string of the molecule is O=S(=O)(Nc1ccc(NCCN2CCOCC2)nc1)c1cccc(Cl)c1. The van der Waals surface area contributed by atoms with Gasteiger partial charge in [-0.15, -0.1) is 0 Å². The van der Waals surface area contributed by atoms with Gasteiger partial charge in [-0.2, -0.15) is 0 Å². The van der Waals surface area contributed by atoms with Crippen LogP contribution in [-0.2, 0) is 14.8 Å². The van der Waals surface area contributed by atoms with Gasteiger partial charge in [-0.25, -0.2) is 13.4 Å². The first-order chi connectivity index (χ1) is 12.5. The Bertz CT molecular complexity index is 824. The predicted octanol–water partition coefficient (Wildman–Crippen LogP) is 2.28. The molecule has 140 valence electrons. The summed E-state index contributed by atoms with van der Waals surface area (Å²) in [4.78, 5) is 6.68. The Labute approximate surface area is 158 Å². The number of nitrogens with one attached hydrogen (secondary N) is 2. The van der Waals surface area contributed by atoms with Gasteiger partial charge in [-0.1, -0.05) is 17.7 Å². The molecule has 1 aliphatic rings. The number of hydrogen-bond acceptors (Lipinski definition) is 6. The molecule has 0 aliphatic carbocycles. The van der Waals surface area contributed by atoms with Gasteiger partial charge >= 0.3 is 0 Å². The largest absolute Gasteiger partial charge is 0.379 e. The smallest absolute Gasteiger partial charge is 0.261 e. The zero-order valence-corrected chi connectivity index (χ0v) is 15.8. The monoisotopic (exact) mass is 396 g/mol. The second-order valence-electron chi connectivity index (χ2n) is 5.88. The van der Waals surface area contributed by atoms with Crippen LogP contribution in [0.3, 0.4) is 0 Å². The summed E-state index contributed by atoms with van der Waals surface area (Å²) in [5, 5.41) is 3.60. The van der Waals surface area contributed by atoms with Crippen LogP contribution in [0.4, 0.5) is 11.5 Å². The molecule has 0 amide bonds. The number of rotatable bonds is 7. The first kappa shape index (κ1) is 18.9. The van der Waals surface area contributed by atoms with Crippen molar-refractivity contribution in [3.8, 4) is 0 Å². The minimum absolute atomic E-state index is 0.109. The van der Waals surface area contributed by atoms with Crippen molar-refractivity contribution >= 4 is 33.1 Å². The molecule has 2 N–H and O–H groups in total. The van der Waals surface area contributed by atoms with Crippen LogP contribution >= 0.6 is 11.6 Å². The third kappa shape index (κ3) is 5.31. The Morgan fingerprint density at radius 3 is 2.69 bits per heavy atom. The maximum absolute atomic E-state index is 12.4. The average molecular weight is 397 g/mol. The zero-order chi connectivity index (χ0) is 18.4. The predicted molar refractivity (Wildman–Crippen MR) is 102 cm³/mol. The lowest BCUT2D eigenvalue weighted by atomic mass is 10.4. The number of anilines is 2. The number of nitrogens with zero attached hydrogens (tertiary/aromatic N) is 2. The van der Waals surface area contributed by atoms with E-state index < -0.39 is 10.0 Å². The molecule has 0 bridgehead atoms. The topological polar surface area (TPSA) is 83.6 Å². The third-order valence-electron chi connectivity index (χ3n) is 3.96. The van der Waals surface area contributed by atoms with Gasteiger partial charge in [0, 0.05) is 31.2 Å². The maximum Gasteiger partial charge on any atom is 0.261 e. The average Bonchev–Trinajstić information content (AvgIpc) is 2.64. The van der Waals surface area contributed by atoms with E-state index in [1.165, 1.54) is 18.3 Å². The summed E-state index contributed by atoms with van der Waals surface area (Å²) in [6.07, 6.45) is 1.49. The number of morpholine rings is 1. The fraction of sp³-hybridized carbons (Fsp3) is 0.353. The highest BCUT2D eigenvalue weighted by atomic mass is 35.5. The van der Waals surface area contributed by atoms with Gasteiger partial charge in [-0.05, 0) is 30.3 Å². The molecule has 0 saturated carbocycles. The van der Waals surface area contributed by atoms with E-state index in [0.29, 0.717) is 16.5 Å². The molecule has 2 aromatic rings. The van der Waals surface area contributed by atoms with Crippen molar-refractivity contribution in [3.63, 3.8) is 0 Å². The lowest BCUT2D eigenvalue weighted by Gasteiger charge is -2.26.